The second-order valence-electron chi connectivity index (χ2n) is 3.11. The van der Waals surface area contributed by atoms with Gasteiger partial charge in [-0.15, -0.1) is 0 Å². The van der Waals surface area contributed by atoms with Crippen molar-refractivity contribution < 1.29 is 4.74 Å². The zero-order chi connectivity index (χ0) is 11.5. The van der Waals surface area contributed by atoms with Crippen molar-refractivity contribution in [2.75, 3.05) is 12.8 Å². The summed E-state index contributed by atoms with van der Waals surface area (Å²) in [5, 5.41) is 9.41. The molecule has 0 fully saturated rings. The number of benzene rings is 1. The molecule has 0 atom stereocenters. The lowest BCUT2D eigenvalue weighted by Gasteiger charge is -2.01. The van der Waals surface area contributed by atoms with Gasteiger partial charge in [-0.25, -0.2) is 0 Å². The molecule has 5 heteroatoms. The van der Waals surface area contributed by atoms with E-state index in [0.717, 1.165) is 22.8 Å². The number of rotatable bonds is 2. The molecule has 1 aromatic carbocycles. The van der Waals surface area contributed by atoms with E-state index in [9.17, 15) is 0 Å². The number of ether oxygens (including phenoxy) is 1. The van der Waals surface area contributed by atoms with E-state index < -0.39 is 0 Å². The number of nitrogen functional groups attached to an aromatic ring is 1. The minimum atomic E-state index is 0.440. The Morgan fingerprint density at radius 3 is 2.62 bits per heavy atom. The number of hydrogen-bond acceptors (Lipinski definition) is 5. The Hall–Kier alpha value is -2.06. The van der Waals surface area contributed by atoms with Gasteiger partial charge in [0, 0.05) is 5.56 Å². The number of anilines is 1. The van der Waals surface area contributed by atoms with E-state index in [2.05, 4.69) is 10.4 Å². The average Bonchev–Trinajstić information content (AvgIpc) is 2.70. The second kappa shape index (κ2) is 4.21. The third kappa shape index (κ3) is 1.71. The summed E-state index contributed by atoms with van der Waals surface area (Å²) in [5.41, 5.74) is 7.59. The minimum absolute atomic E-state index is 0.440. The summed E-state index contributed by atoms with van der Waals surface area (Å²) in [6.45, 7) is 0. The third-order valence-corrected chi connectivity index (χ3v) is 2.87. The molecule has 4 nitrogen and oxygen atoms in total. The summed E-state index contributed by atoms with van der Waals surface area (Å²) < 4.78 is 9.22. The molecule has 80 valence electrons. The highest BCUT2D eigenvalue weighted by Gasteiger charge is 2.12. The number of hydrogen-bond donors (Lipinski definition) is 1. The van der Waals surface area contributed by atoms with Gasteiger partial charge >= 0.3 is 0 Å². The van der Waals surface area contributed by atoms with Crippen LogP contribution in [0.2, 0.25) is 0 Å². The van der Waals surface area contributed by atoms with Crippen LogP contribution in [0.4, 0.5) is 5.00 Å². The highest BCUT2D eigenvalue weighted by atomic mass is 32.1. The Bertz CT molecular complexity index is 539. The van der Waals surface area contributed by atoms with Crippen LogP contribution in [0, 0.1) is 11.3 Å². The quantitative estimate of drug-likeness (QED) is 0.860. The Morgan fingerprint density at radius 2 is 2.06 bits per heavy atom. The molecule has 0 saturated carbocycles. The van der Waals surface area contributed by atoms with Crippen molar-refractivity contribution in [3.63, 3.8) is 0 Å². The maximum Gasteiger partial charge on any atom is 0.125 e. The molecular formula is C11H9N3OS. The zero-order valence-electron chi connectivity index (χ0n) is 8.60. The Kier molecular flexibility index (Phi) is 2.75. The molecule has 0 aliphatic carbocycles. The molecule has 0 aliphatic rings. The number of nitrogens with two attached hydrogens (primary N) is 1. The SMILES string of the molecule is COc1ccc(-c2nsc(N)c2C#N)cc1. The molecule has 0 spiro atoms. The zero-order valence-corrected chi connectivity index (χ0v) is 9.41. The standard InChI is InChI=1S/C11H9N3OS/c1-15-8-4-2-7(3-5-8)10-9(6-12)11(13)16-14-10/h2-5H,13H2,1H3. The molecule has 0 amide bonds. The first-order chi connectivity index (χ1) is 7.76. The van der Waals surface area contributed by atoms with Gasteiger partial charge in [0.05, 0.1) is 7.11 Å². The van der Waals surface area contributed by atoms with Gasteiger partial charge in [0.25, 0.3) is 0 Å². The van der Waals surface area contributed by atoms with Gasteiger partial charge in [0.15, 0.2) is 0 Å². The predicted octanol–water partition coefficient (Wildman–Crippen LogP) is 2.27. The molecule has 1 aromatic heterocycles. The van der Waals surface area contributed by atoms with E-state index in [0.29, 0.717) is 16.3 Å². The molecule has 0 saturated heterocycles. The maximum absolute atomic E-state index is 8.96. The van der Waals surface area contributed by atoms with E-state index >= 15 is 0 Å². The van der Waals surface area contributed by atoms with E-state index in [1.165, 1.54) is 0 Å². The van der Waals surface area contributed by atoms with Crippen molar-refractivity contribution in [2.24, 2.45) is 0 Å². The van der Waals surface area contributed by atoms with E-state index in [-0.39, 0.29) is 0 Å². The van der Waals surface area contributed by atoms with Crippen LogP contribution in [0.15, 0.2) is 24.3 Å². The topological polar surface area (TPSA) is 71.9 Å². The molecule has 2 rings (SSSR count). The Labute approximate surface area is 97.1 Å². The van der Waals surface area contributed by atoms with Crippen molar-refractivity contribution >= 4 is 16.5 Å². The summed E-state index contributed by atoms with van der Waals surface area (Å²) in [4.78, 5) is 0. The molecule has 0 bridgehead atoms. The summed E-state index contributed by atoms with van der Waals surface area (Å²) >= 11 is 1.13. The molecule has 2 aromatic rings. The van der Waals surface area contributed by atoms with Crippen LogP contribution in [0.5, 0.6) is 5.75 Å². The predicted molar refractivity (Wildman–Crippen MR) is 63.2 cm³/mol. The van der Waals surface area contributed by atoms with Gasteiger partial charge in [-0.2, -0.15) is 9.64 Å². The fraction of sp³-hybridized carbons (Fsp3) is 0.0909. The summed E-state index contributed by atoms with van der Waals surface area (Å²) in [6.07, 6.45) is 0. The van der Waals surface area contributed by atoms with Crippen LogP contribution in [0.1, 0.15) is 5.56 Å². The van der Waals surface area contributed by atoms with E-state index in [4.69, 9.17) is 15.7 Å². The largest absolute Gasteiger partial charge is 0.497 e. The molecule has 0 aliphatic heterocycles. The fourth-order valence-electron chi connectivity index (χ4n) is 1.36. The Morgan fingerprint density at radius 1 is 1.38 bits per heavy atom. The van der Waals surface area contributed by atoms with Gasteiger partial charge in [0.2, 0.25) is 0 Å². The van der Waals surface area contributed by atoms with Gasteiger partial charge in [-0.05, 0) is 35.8 Å². The lowest BCUT2D eigenvalue weighted by molar-refractivity contribution is 0.415. The van der Waals surface area contributed by atoms with Crippen LogP contribution >= 0.6 is 11.5 Å². The molecule has 16 heavy (non-hydrogen) atoms. The highest BCUT2D eigenvalue weighted by Crippen LogP contribution is 2.30. The van der Waals surface area contributed by atoms with Gasteiger partial charge in [-0.1, -0.05) is 0 Å². The molecule has 0 radical (unpaired) electrons. The number of aromatic nitrogens is 1. The Balaban J connectivity index is 2.47. The smallest absolute Gasteiger partial charge is 0.125 e. The average molecular weight is 231 g/mol. The van der Waals surface area contributed by atoms with E-state index in [1.54, 1.807) is 7.11 Å². The fourth-order valence-corrected chi connectivity index (χ4v) is 1.98. The minimum Gasteiger partial charge on any atom is -0.497 e. The van der Waals surface area contributed by atoms with Gasteiger partial charge in [0.1, 0.15) is 28.1 Å². The van der Waals surface area contributed by atoms with Crippen LogP contribution in [-0.2, 0) is 0 Å². The van der Waals surface area contributed by atoms with Crippen molar-refractivity contribution in [2.45, 2.75) is 0 Å². The molecule has 2 N–H and O–H groups in total. The number of nitrogens with zero attached hydrogens (tertiary/aromatic N) is 2. The van der Waals surface area contributed by atoms with Gasteiger partial charge in [-0.3, -0.25) is 0 Å². The molecule has 0 unspecified atom stereocenters. The first-order valence-electron chi connectivity index (χ1n) is 4.56. The lowest BCUT2D eigenvalue weighted by atomic mass is 10.1. The monoisotopic (exact) mass is 231 g/mol. The van der Waals surface area contributed by atoms with Crippen molar-refractivity contribution in [3.8, 4) is 23.1 Å². The van der Waals surface area contributed by atoms with Crippen LogP contribution in [0.3, 0.4) is 0 Å². The first-order valence-corrected chi connectivity index (χ1v) is 5.33. The van der Waals surface area contributed by atoms with Crippen LogP contribution < -0.4 is 10.5 Å². The lowest BCUT2D eigenvalue weighted by Crippen LogP contribution is -1.87. The van der Waals surface area contributed by atoms with Crippen LogP contribution in [0.25, 0.3) is 11.3 Å². The van der Waals surface area contributed by atoms with E-state index in [1.807, 2.05) is 24.3 Å². The van der Waals surface area contributed by atoms with Crippen molar-refractivity contribution in [1.82, 2.24) is 4.37 Å². The summed E-state index contributed by atoms with van der Waals surface area (Å²) in [6, 6.07) is 9.42. The summed E-state index contributed by atoms with van der Waals surface area (Å²) in [7, 11) is 1.61. The number of nitriles is 1. The first kappa shape index (κ1) is 10.5. The van der Waals surface area contributed by atoms with Crippen molar-refractivity contribution in [3.05, 3.63) is 29.8 Å². The van der Waals surface area contributed by atoms with Crippen LogP contribution in [-0.4, -0.2) is 11.5 Å². The molecule has 1 heterocycles. The third-order valence-electron chi connectivity index (χ3n) is 2.19. The van der Waals surface area contributed by atoms with Gasteiger partial charge < -0.3 is 10.5 Å². The summed E-state index contributed by atoms with van der Waals surface area (Å²) in [5.74, 6) is 0.769. The highest BCUT2D eigenvalue weighted by molar-refractivity contribution is 7.10. The second-order valence-corrected chi connectivity index (χ2v) is 3.92. The maximum atomic E-state index is 8.96. The van der Waals surface area contributed by atoms with Crippen molar-refractivity contribution in [1.29, 1.82) is 5.26 Å². The normalized spacial score (nSPS) is 9.75. The molecular weight excluding hydrogens is 222 g/mol. The number of methoxy groups -OCH3 is 1.